The fourth-order valence-electron chi connectivity index (χ4n) is 1.58. The molecule has 3 amide bonds. The molecule has 0 aliphatic rings. The summed E-state index contributed by atoms with van der Waals surface area (Å²) in [6, 6.07) is 2.03. The van der Waals surface area contributed by atoms with Crippen molar-refractivity contribution < 1.29 is 23.9 Å². The van der Waals surface area contributed by atoms with Crippen LogP contribution < -0.4 is 16.4 Å². The summed E-state index contributed by atoms with van der Waals surface area (Å²) >= 11 is 0. The Morgan fingerprint density at radius 1 is 1.38 bits per heavy atom. The van der Waals surface area contributed by atoms with Crippen molar-refractivity contribution >= 4 is 23.6 Å². The second-order valence-corrected chi connectivity index (χ2v) is 4.48. The zero-order valence-electron chi connectivity index (χ0n) is 11.4. The third kappa shape index (κ3) is 5.47. The van der Waals surface area contributed by atoms with Crippen LogP contribution in [0.25, 0.3) is 0 Å². The molecule has 0 unspecified atom stereocenters. The van der Waals surface area contributed by atoms with E-state index in [1.54, 1.807) is 13.0 Å². The number of carbonyl (C=O) groups is 3. The molecule has 0 saturated carbocycles. The van der Waals surface area contributed by atoms with Crippen molar-refractivity contribution in [1.82, 2.24) is 5.32 Å². The molecule has 0 spiro atoms. The number of carboxylic acid groups (broad SMARTS) is 1. The molecular formula is C13H16FN3O4. The van der Waals surface area contributed by atoms with Gasteiger partial charge in [-0.05, 0) is 31.0 Å². The zero-order chi connectivity index (χ0) is 16.0. The van der Waals surface area contributed by atoms with Crippen LogP contribution in [0.2, 0.25) is 0 Å². The van der Waals surface area contributed by atoms with Gasteiger partial charge in [-0.2, -0.15) is 0 Å². The topological polar surface area (TPSA) is 122 Å². The fraction of sp³-hybridized carbons (Fsp3) is 0.308. The van der Waals surface area contributed by atoms with Crippen molar-refractivity contribution in [3.8, 4) is 0 Å². The summed E-state index contributed by atoms with van der Waals surface area (Å²) in [6.45, 7) is 1.69. The van der Waals surface area contributed by atoms with Gasteiger partial charge in [-0.1, -0.05) is 6.07 Å². The molecular weight excluding hydrogens is 281 g/mol. The van der Waals surface area contributed by atoms with Crippen molar-refractivity contribution in [1.29, 1.82) is 0 Å². The van der Waals surface area contributed by atoms with Crippen LogP contribution >= 0.6 is 0 Å². The number of primary amides is 1. The van der Waals surface area contributed by atoms with E-state index in [0.29, 0.717) is 5.56 Å². The van der Waals surface area contributed by atoms with Crippen molar-refractivity contribution in [2.45, 2.75) is 25.8 Å². The molecule has 5 N–H and O–H groups in total. The normalized spacial score (nSPS) is 11.5. The number of carboxylic acids is 1. The summed E-state index contributed by atoms with van der Waals surface area (Å²) in [4.78, 5) is 33.2. The molecule has 0 fully saturated rings. The minimum absolute atomic E-state index is 0.0721. The fourth-order valence-corrected chi connectivity index (χ4v) is 1.58. The Morgan fingerprint density at radius 3 is 2.57 bits per heavy atom. The quantitative estimate of drug-likeness (QED) is 0.625. The van der Waals surface area contributed by atoms with Crippen LogP contribution in [0.5, 0.6) is 0 Å². The molecule has 1 aromatic carbocycles. The maximum absolute atomic E-state index is 13.5. The Balaban J connectivity index is 2.65. The Bertz CT molecular complexity index is 562. The van der Waals surface area contributed by atoms with Gasteiger partial charge >= 0.3 is 12.0 Å². The molecule has 21 heavy (non-hydrogen) atoms. The standard InChI is InChI=1S/C13H16FN3O4/c1-7-2-3-9(8(14)6-7)16-13(21)17-10(12(19)20)4-5-11(15)18/h2-3,6,10H,4-5H2,1H3,(H2,15,18)(H,19,20)(H2,16,17,21)/t10-/m1/s1. The maximum atomic E-state index is 13.5. The lowest BCUT2D eigenvalue weighted by Crippen LogP contribution is -2.43. The minimum Gasteiger partial charge on any atom is -0.480 e. The van der Waals surface area contributed by atoms with Crippen molar-refractivity contribution in [2.75, 3.05) is 5.32 Å². The molecule has 8 heteroatoms. The lowest BCUT2D eigenvalue weighted by atomic mass is 10.1. The zero-order valence-corrected chi connectivity index (χ0v) is 11.4. The highest BCUT2D eigenvalue weighted by Crippen LogP contribution is 2.15. The van der Waals surface area contributed by atoms with E-state index in [4.69, 9.17) is 10.8 Å². The van der Waals surface area contributed by atoms with E-state index in [1.807, 2.05) is 0 Å². The molecule has 0 bridgehead atoms. The highest BCUT2D eigenvalue weighted by atomic mass is 19.1. The highest BCUT2D eigenvalue weighted by molar-refractivity contribution is 5.92. The third-order valence-corrected chi connectivity index (χ3v) is 2.66. The number of nitrogens with two attached hydrogens (primary N) is 1. The molecule has 0 aliphatic heterocycles. The summed E-state index contributed by atoms with van der Waals surface area (Å²) in [5.74, 6) is -2.61. The van der Waals surface area contributed by atoms with Gasteiger partial charge in [0, 0.05) is 6.42 Å². The third-order valence-electron chi connectivity index (χ3n) is 2.66. The molecule has 0 saturated heterocycles. The molecule has 0 aromatic heterocycles. The maximum Gasteiger partial charge on any atom is 0.326 e. The van der Waals surface area contributed by atoms with Crippen LogP contribution in [0, 0.1) is 12.7 Å². The van der Waals surface area contributed by atoms with Crippen molar-refractivity contribution in [2.24, 2.45) is 5.73 Å². The number of aliphatic carboxylic acids is 1. The number of aryl methyl sites for hydroxylation is 1. The molecule has 0 aliphatic carbocycles. The molecule has 1 aromatic rings. The van der Waals surface area contributed by atoms with Gasteiger partial charge in [0.25, 0.3) is 0 Å². The van der Waals surface area contributed by atoms with Crippen LogP contribution in [-0.4, -0.2) is 29.1 Å². The van der Waals surface area contributed by atoms with Gasteiger partial charge in [0.2, 0.25) is 5.91 Å². The summed E-state index contributed by atoms with van der Waals surface area (Å²) in [5, 5.41) is 13.3. The highest BCUT2D eigenvalue weighted by Gasteiger charge is 2.20. The first kappa shape index (κ1) is 16.4. The summed E-state index contributed by atoms with van der Waals surface area (Å²) in [7, 11) is 0. The Kier molecular flexibility index (Phi) is 5.65. The van der Waals surface area contributed by atoms with E-state index < -0.39 is 29.8 Å². The van der Waals surface area contributed by atoms with Gasteiger partial charge in [-0.3, -0.25) is 4.79 Å². The molecule has 0 heterocycles. The second-order valence-electron chi connectivity index (χ2n) is 4.48. The van der Waals surface area contributed by atoms with Gasteiger partial charge in [0.1, 0.15) is 11.9 Å². The number of urea groups is 1. The van der Waals surface area contributed by atoms with Crippen molar-refractivity contribution in [3.05, 3.63) is 29.6 Å². The number of amides is 3. The summed E-state index contributed by atoms with van der Waals surface area (Å²) in [6.07, 6.45) is -0.329. The van der Waals surface area contributed by atoms with E-state index in [0.717, 1.165) is 0 Å². The van der Waals surface area contributed by atoms with E-state index in [2.05, 4.69) is 10.6 Å². The smallest absolute Gasteiger partial charge is 0.326 e. The summed E-state index contributed by atoms with van der Waals surface area (Å²) < 4.78 is 13.5. The van der Waals surface area contributed by atoms with Crippen LogP contribution in [0.15, 0.2) is 18.2 Å². The van der Waals surface area contributed by atoms with Crippen LogP contribution in [0.3, 0.4) is 0 Å². The number of carbonyl (C=O) groups excluding carboxylic acids is 2. The Hall–Kier alpha value is -2.64. The van der Waals surface area contributed by atoms with E-state index in [1.165, 1.54) is 12.1 Å². The SMILES string of the molecule is Cc1ccc(NC(=O)N[C@H](CCC(N)=O)C(=O)O)c(F)c1. The Labute approximate surface area is 120 Å². The number of benzene rings is 1. The van der Waals surface area contributed by atoms with Gasteiger partial charge in [-0.25, -0.2) is 14.0 Å². The van der Waals surface area contributed by atoms with Crippen LogP contribution in [0.4, 0.5) is 14.9 Å². The first-order chi connectivity index (χ1) is 9.79. The molecule has 114 valence electrons. The predicted octanol–water partition coefficient (Wildman–Crippen LogP) is 0.974. The van der Waals surface area contributed by atoms with Crippen molar-refractivity contribution in [3.63, 3.8) is 0 Å². The van der Waals surface area contributed by atoms with Gasteiger partial charge in [0.15, 0.2) is 0 Å². The van der Waals surface area contributed by atoms with E-state index in [-0.39, 0.29) is 18.5 Å². The predicted molar refractivity (Wildman–Crippen MR) is 73.1 cm³/mol. The van der Waals surface area contributed by atoms with Crippen LogP contribution in [0.1, 0.15) is 18.4 Å². The number of halogens is 1. The first-order valence-electron chi connectivity index (χ1n) is 6.14. The Morgan fingerprint density at radius 2 is 2.05 bits per heavy atom. The minimum atomic E-state index is -1.31. The number of nitrogens with one attached hydrogen (secondary N) is 2. The number of rotatable bonds is 6. The molecule has 0 radical (unpaired) electrons. The lowest BCUT2D eigenvalue weighted by molar-refractivity contribution is -0.139. The monoisotopic (exact) mass is 297 g/mol. The molecule has 7 nitrogen and oxygen atoms in total. The van der Waals surface area contributed by atoms with Gasteiger partial charge < -0.3 is 21.5 Å². The summed E-state index contributed by atoms with van der Waals surface area (Å²) in [5.41, 5.74) is 5.53. The first-order valence-corrected chi connectivity index (χ1v) is 6.14. The van der Waals surface area contributed by atoms with Gasteiger partial charge in [0.05, 0.1) is 5.69 Å². The van der Waals surface area contributed by atoms with Crippen LogP contribution in [-0.2, 0) is 9.59 Å². The molecule has 1 atom stereocenters. The average molecular weight is 297 g/mol. The van der Waals surface area contributed by atoms with E-state index in [9.17, 15) is 18.8 Å². The van der Waals surface area contributed by atoms with Gasteiger partial charge in [-0.15, -0.1) is 0 Å². The number of hydrogen-bond donors (Lipinski definition) is 4. The second kappa shape index (κ2) is 7.22. The number of hydrogen-bond acceptors (Lipinski definition) is 3. The number of anilines is 1. The van der Waals surface area contributed by atoms with E-state index >= 15 is 0 Å². The largest absolute Gasteiger partial charge is 0.480 e. The lowest BCUT2D eigenvalue weighted by Gasteiger charge is -2.14. The average Bonchev–Trinajstić information content (AvgIpc) is 2.37. The molecule has 1 rings (SSSR count).